The molecule has 1 unspecified atom stereocenters. The summed E-state index contributed by atoms with van der Waals surface area (Å²) in [5.41, 5.74) is 4.58. The van der Waals surface area contributed by atoms with Gasteiger partial charge in [-0.15, -0.1) is 11.3 Å². The normalized spacial score (nSPS) is 14.9. The van der Waals surface area contributed by atoms with Crippen LogP contribution in [-0.2, 0) is 16.1 Å². The quantitative estimate of drug-likeness (QED) is 0.342. The smallest absolute Gasteiger partial charge is 0.337 e. The number of methoxy groups -OCH3 is 1. The largest absolute Gasteiger partial charge is 0.478 e. The Labute approximate surface area is 207 Å². The number of nitrogens with zero attached hydrogens (tertiary/aromatic N) is 3. The SMILES string of the molecule is CCC1Oc2ccc(-c3csc(-c4ccccn4)n3)cc2N(Cc2ccc(C(=O)OC)cc2)C1=O. The van der Waals surface area contributed by atoms with Crippen LogP contribution >= 0.6 is 11.3 Å². The first kappa shape index (κ1) is 22.7. The molecular weight excluding hydrogens is 462 g/mol. The third kappa shape index (κ3) is 4.52. The molecule has 1 aliphatic rings. The Morgan fingerprint density at radius 1 is 1.11 bits per heavy atom. The molecule has 2 aromatic carbocycles. The maximum atomic E-state index is 13.3. The predicted octanol–water partition coefficient (Wildman–Crippen LogP) is 5.36. The molecule has 7 nitrogen and oxygen atoms in total. The van der Waals surface area contributed by atoms with Gasteiger partial charge in [-0.25, -0.2) is 9.78 Å². The van der Waals surface area contributed by atoms with E-state index in [1.54, 1.807) is 23.2 Å². The van der Waals surface area contributed by atoms with E-state index in [1.807, 2.05) is 60.8 Å². The van der Waals surface area contributed by atoms with Gasteiger partial charge in [-0.2, -0.15) is 0 Å². The minimum Gasteiger partial charge on any atom is -0.478 e. The second-order valence-corrected chi connectivity index (χ2v) is 8.92. The topological polar surface area (TPSA) is 81.6 Å². The van der Waals surface area contributed by atoms with Gasteiger partial charge in [0.25, 0.3) is 5.91 Å². The van der Waals surface area contributed by atoms with Crippen LogP contribution in [0.1, 0.15) is 29.3 Å². The number of hydrogen-bond acceptors (Lipinski definition) is 7. The van der Waals surface area contributed by atoms with E-state index in [0.29, 0.717) is 30.0 Å². The van der Waals surface area contributed by atoms with Gasteiger partial charge in [0, 0.05) is 17.1 Å². The fraction of sp³-hybridized carbons (Fsp3) is 0.185. The van der Waals surface area contributed by atoms with E-state index in [1.165, 1.54) is 18.4 Å². The highest BCUT2D eigenvalue weighted by molar-refractivity contribution is 7.13. The number of esters is 1. The summed E-state index contributed by atoms with van der Waals surface area (Å²) in [7, 11) is 1.35. The molecule has 5 rings (SSSR count). The molecule has 1 aliphatic heterocycles. The molecule has 0 spiro atoms. The summed E-state index contributed by atoms with van der Waals surface area (Å²) in [4.78, 5) is 35.9. The van der Waals surface area contributed by atoms with Gasteiger partial charge in [0.15, 0.2) is 6.10 Å². The summed E-state index contributed by atoms with van der Waals surface area (Å²) < 4.78 is 10.8. The van der Waals surface area contributed by atoms with Crippen LogP contribution in [0.25, 0.3) is 22.0 Å². The lowest BCUT2D eigenvalue weighted by Gasteiger charge is -2.34. The molecule has 0 radical (unpaired) electrons. The average molecular weight is 486 g/mol. The van der Waals surface area contributed by atoms with Crippen LogP contribution in [0.2, 0.25) is 0 Å². The maximum absolute atomic E-state index is 13.3. The molecule has 2 aromatic heterocycles. The molecule has 3 heterocycles. The number of rotatable bonds is 6. The first-order valence-electron chi connectivity index (χ1n) is 11.2. The molecule has 4 aromatic rings. The van der Waals surface area contributed by atoms with Crippen molar-refractivity contribution >= 4 is 28.9 Å². The zero-order chi connectivity index (χ0) is 24.4. The van der Waals surface area contributed by atoms with Crippen LogP contribution in [0.3, 0.4) is 0 Å². The molecule has 0 bridgehead atoms. The molecular formula is C27H23N3O4S. The first-order valence-corrected chi connectivity index (χ1v) is 12.1. The minimum absolute atomic E-state index is 0.0957. The van der Waals surface area contributed by atoms with Gasteiger partial charge in [0.1, 0.15) is 10.8 Å². The zero-order valence-corrected chi connectivity index (χ0v) is 20.1. The lowest BCUT2D eigenvalue weighted by atomic mass is 10.1. The molecule has 8 heteroatoms. The number of anilines is 1. The number of benzene rings is 2. The third-order valence-electron chi connectivity index (χ3n) is 5.83. The van der Waals surface area contributed by atoms with Gasteiger partial charge in [0.2, 0.25) is 0 Å². The Hall–Kier alpha value is -4.04. The summed E-state index contributed by atoms with van der Waals surface area (Å²) in [5.74, 6) is 0.168. The number of carbonyl (C=O) groups excluding carboxylic acids is 2. The fourth-order valence-electron chi connectivity index (χ4n) is 3.96. The number of amides is 1. The summed E-state index contributed by atoms with van der Waals surface area (Å²) >= 11 is 1.53. The number of hydrogen-bond donors (Lipinski definition) is 0. The highest BCUT2D eigenvalue weighted by Gasteiger charge is 2.33. The van der Waals surface area contributed by atoms with Crippen molar-refractivity contribution in [3.05, 3.63) is 83.4 Å². The number of ether oxygens (including phenoxy) is 2. The average Bonchev–Trinajstić information content (AvgIpc) is 3.41. The number of thiazole rings is 1. The van der Waals surface area contributed by atoms with Crippen molar-refractivity contribution in [1.29, 1.82) is 0 Å². The van der Waals surface area contributed by atoms with Crippen LogP contribution in [0.5, 0.6) is 5.75 Å². The minimum atomic E-state index is -0.544. The van der Waals surface area contributed by atoms with Gasteiger partial charge >= 0.3 is 5.97 Å². The summed E-state index contributed by atoms with van der Waals surface area (Å²) in [6.07, 6.45) is 1.77. The van der Waals surface area contributed by atoms with Crippen molar-refractivity contribution in [3.8, 4) is 27.7 Å². The van der Waals surface area contributed by atoms with Gasteiger partial charge in [-0.05, 0) is 54.4 Å². The Morgan fingerprint density at radius 2 is 1.94 bits per heavy atom. The summed E-state index contributed by atoms with van der Waals surface area (Å²) in [6.45, 7) is 2.28. The molecule has 0 fully saturated rings. The predicted molar refractivity (Wildman–Crippen MR) is 134 cm³/mol. The fourth-order valence-corrected chi connectivity index (χ4v) is 4.77. The second-order valence-electron chi connectivity index (χ2n) is 8.06. The highest BCUT2D eigenvalue weighted by atomic mass is 32.1. The molecule has 1 amide bonds. The second kappa shape index (κ2) is 9.68. The van der Waals surface area contributed by atoms with E-state index in [0.717, 1.165) is 27.5 Å². The van der Waals surface area contributed by atoms with Gasteiger partial charge in [0.05, 0.1) is 36.3 Å². The van der Waals surface area contributed by atoms with Crippen molar-refractivity contribution in [1.82, 2.24) is 9.97 Å². The maximum Gasteiger partial charge on any atom is 0.337 e. The Bertz CT molecular complexity index is 1370. The van der Waals surface area contributed by atoms with E-state index in [-0.39, 0.29) is 5.91 Å². The van der Waals surface area contributed by atoms with Crippen molar-refractivity contribution in [3.63, 3.8) is 0 Å². The van der Waals surface area contributed by atoms with Crippen molar-refractivity contribution in [2.24, 2.45) is 0 Å². The molecule has 0 saturated carbocycles. The molecule has 35 heavy (non-hydrogen) atoms. The number of carbonyl (C=O) groups is 2. The van der Waals surface area contributed by atoms with Crippen molar-refractivity contribution in [2.45, 2.75) is 26.0 Å². The molecule has 176 valence electrons. The van der Waals surface area contributed by atoms with Crippen LogP contribution in [0, 0.1) is 0 Å². The van der Waals surface area contributed by atoms with E-state index in [4.69, 9.17) is 14.5 Å². The Balaban J connectivity index is 1.48. The third-order valence-corrected chi connectivity index (χ3v) is 6.70. The Kier molecular flexibility index (Phi) is 6.29. The van der Waals surface area contributed by atoms with Crippen LogP contribution in [-0.4, -0.2) is 35.1 Å². The van der Waals surface area contributed by atoms with E-state index >= 15 is 0 Å². The van der Waals surface area contributed by atoms with Crippen molar-refractivity contribution < 1.29 is 19.1 Å². The van der Waals surface area contributed by atoms with E-state index in [2.05, 4.69) is 4.98 Å². The Morgan fingerprint density at radius 3 is 2.66 bits per heavy atom. The van der Waals surface area contributed by atoms with E-state index < -0.39 is 12.1 Å². The van der Waals surface area contributed by atoms with Crippen LogP contribution in [0.15, 0.2) is 72.2 Å². The van der Waals surface area contributed by atoms with Gasteiger partial charge in [-0.3, -0.25) is 9.78 Å². The van der Waals surface area contributed by atoms with Crippen LogP contribution in [0.4, 0.5) is 5.69 Å². The molecule has 0 N–H and O–H groups in total. The standard InChI is InChI=1S/C27H23N3O4S/c1-3-23-26(31)30(15-17-7-9-18(10-8-17)27(32)33-2)22-14-19(11-12-24(22)34-23)21-16-35-25(29-21)20-6-4-5-13-28-20/h4-14,16,23H,3,15H2,1-2H3. The number of fused-ring (bicyclic) bond motifs is 1. The molecule has 0 saturated heterocycles. The van der Waals surface area contributed by atoms with Gasteiger partial charge < -0.3 is 14.4 Å². The molecule has 1 atom stereocenters. The number of pyridine rings is 1. The van der Waals surface area contributed by atoms with Gasteiger partial charge in [-0.1, -0.05) is 25.1 Å². The zero-order valence-electron chi connectivity index (χ0n) is 19.3. The lowest BCUT2D eigenvalue weighted by molar-refractivity contribution is -0.126. The van der Waals surface area contributed by atoms with E-state index in [9.17, 15) is 9.59 Å². The first-order chi connectivity index (χ1) is 17.1. The summed E-state index contributed by atoms with van der Waals surface area (Å²) in [5, 5.41) is 2.82. The summed E-state index contributed by atoms with van der Waals surface area (Å²) in [6, 6.07) is 18.6. The number of aromatic nitrogens is 2. The van der Waals surface area contributed by atoms with Crippen molar-refractivity contribution in [2.75, 3.05) is 12.0 Å². The van der Waals surface area contributed by atoms with Crippen LogP contribution < -0.4 is 9.64 Å². The monoisotopic (exact) mass is 485 g/mol. The highest BCUT2D eigenvalue weighted by Crippen LogP contribution is 2.39. The molecule has 0 aliphatic carbocycles. The lowest BCUT2D eigenvalue weighted by Crippen LogP contribution is -2.45.